The first-order valence-corrected chi connectivity index (χ1v) is 10.8. The van der Waals surface area contributed by atoms with Crippen LogP contribution in [0.2, 0.25) is 5.02 Å². The van der Waals surface area contributed by atoms with Gasteiger partial charge in [0.2, 0.25) is 5.88 Å². The SMILES string of the molecule is O=C(Nc1ccc(-c2ccc(OCC3(C(=O)O)CC3)nc2)cc1)Nc1ccc(C(F)(F)F)cc1Cl. The van der Waals surface area contributed by atoms with E-state index in [2.05, 4.69) is 15.6 Å². The van der Waals surface area contributed by atoms with E-state index in [0.717, 1.165) is 29.3 Å². The molecule has 1 heterocycles. The van der Waals surface area contributed by atoms with Gasteiger partial charge in [-0.1, -0.05) is 23.7 Å². The van der Waals surface area contributed by atoms with Crippen molar-refractivity contribution in [3.8, 4) is 17.0 Å². The molecule has 0 aliphatic heterocycles. The Hall–Kier alpha value is -3.79. The normalized spacial score (nSPS) is 14.2. The lowest BCUT2D eigenvalue weighted by Gasteiger charge is -2.12. The third-order valence-electron chi connectivity index (χ3n) is 5.56. The predicted octanol–water partition coefficient (Wildman–Crippen LogP) is 6.31. The Morgan fingerprint density at radius 3 is 2.26 bits per heavy atom. The fraction of sp³-hybridized carbons (Fsp3) is 0.208. The molecule has 1 aliphatic carbocycles. The van der Waals surface area contributed by atoms with E-state index in [1.165, 1.54) is 0 Å². The first-order chi connectivity index (χ1) is 16.6. The Labute approximate surface area is 202 Å². The van der Waals surface area contributed by atoms with Crippen molar-refractivity contribution in [3.05, 3.63) is 71.4 Å². The van der Waals surface area contributed by atoms with Crippen molar-refractivity contribution < 1.29 is 32.6 Å². The first kappa shape index (κ1) is 24.3. The minimum atomic E-state index is -4.53. The molecule has 182 valence electrons. The van der Waals surface area contributed by atoms with Crippen molar-refractivity contribution in [1.29, 1.82) is 0 Å². The Morgan fingerprint density at radius 2 is 1.71 bits per heavy atom. The van der Waals surface area contributed by atoms with Crippen molar-refractivity contribution in [1.82, 2.24) is 4.98 Å². The number of ether oxygens (including phenoxy) is 1. The fourth-order valence-corrected chi connectivity index (χ4v) is 3.47. The molecule has 35 heavy (non-hydrogen) atoms. The number of hydrogen-bond donors (Lipinski definition) is 3. The lowest BCUT2D eigenvalue weighted by molar-refractivity contribution is -0.144. The van der Waals surface area contributed by atoms with Crippen LogP contribution in [-0.2, 0) is 11.0 Å². The third-order valence-corrected chi connectivity index (χ3v) is 5.87. The van der Waals surface area contributed by atoms with E-state index in [-0.39, 0.29) is 17.3 Å². The number of pyridine rings is 1. The number of benzene rings is 2. The van der Waals surface area contributed by atoms with Crippen molar-refractivity contribution >= 4 is 35.0 Å². The van der Waals surface area contributed by atoms with Gasteiger partial charge in [0.05, 0.1) is 16.3 Å². The number of nitrogens with zero attached hydrogens (tertiary/aromatic N) is 1. The summed E-state index contributed by atoms with van der Waals surface area (Å²) in [6.07, 6.45) is -1.75. The van der Waals surface area contributed by atoms with Crippen LogP contribution < -0.4 is 15.4 Å². The minimum absolute atomic E-state index is 0.0399. The zero-order valence-corrected chi connectivity index (χ0v) is 18.8. The maximum atomic E-state index is 12.7. The van der Waals surface area contributed by atoms with Crippen LogP contribution in [0.5, 0.6) is 5.88 Å². The molecule has 0 radical (unpaired) electrons. The van der Waals surface area contributed by atoms with E-state index in [0.29, 0.717) is 24.4 Å². The van der Waals surface area contributed by atoms with Crippen molar-refractivity contribution in [2.75, 3.05) is 17.2 Å². The maximum Gasteiger partial charge on any atom is 0.416 e. The van der Waals surface area contributed by atoms with Crippen LogP contribution in [0.3, 0.4) is 0 Å². The smallest absolute Gasteiger partial charge is 0.416 e. The summed E-state index contributed by atoms with van der Waals surface area (Å²) in [5, 5.41) is 14.0. The van der Waals surface area contributed by atoms with E-state index in [4.69, 9.17) is 16.3 Å². The summed E-state index contributed by atoms with van der Waals surface area (Å²) in [6.45, 7) is 0.0782. The molecule has 2 amide bonds. The van der Waals surface area contributed by atoms with Crippen LogP contribution >= 0.6 is 11.6 Å². The number of hydrogen-bond acceptors (Lipinski definition) is 4. The summed E-state index contributed by atoms with van der Waals surface area (Å²) < 4.78 is 43.7. The molecule has 0 atom stereocenters. The van der Waals surface area contributed by atoms with Gasteiger partial charge in [0, 0.05) is 23.5 Å². The summed E-state index contributed by atoms with van der Waals surface area (Å²) >= 11 is 5.86. The van der Waals surface area contributed by atoms with Gasteiger partial charge in [0.1, 0.15) is 12.0 Å². The highest BCUT2D eigenvalue weighted by Gasteiger charge is 2.51. The Morgan fingerprint density at radius 1 is 1.03 bits per heavy atom. The molecule has 0 spiro atoms. The number of carboxylic acids is 1. The fourth-order valence-electron chi connectivity index (χ4n) is 3.24. The summed E-state index contributed by atoms with van der Waals surface area (Å²) in [4.78, 5) is 27.7. The van der Waals surface area contributed by atoms with E-state index in [9.17, 15) is 27.9 Å². The quantitative estimate of drug-likeness (QED) is 0.349. The highest BCUT2D eigenvalue weighted by Crippen LogP contribution is 2.46. The monoisotopic (exact) mass is 505 g/mol. The number of carbonyl (C=O) groups is 2. The summed E-state index contributed by atoms with van der Waals surface area (Å²) in [7, 11) is 0. The molecule has 3 aromatic rings. The van der Waals surface area contributed by atoms with Crippen LogP contribution in [0.25, 0.3) is 11.1 Å². The standard InChI is InChI=1S/C24H19ClF3N3O4/c25-18-11-16(24(26,27)28)4-7-19(18)31-22(34)30-17-5-1-14(2-6-17)15-3-8-20(29-12-15)35-13-23(9-10-23)21(32)33/h1-8,11-12H,9-10,13H2,(H,32,33)(H2,30,31,34). The lowest BCUT2D eigenvalue weighted by atomic mass is 10.1. The molecular formula is C24H19ClF3N3O4. The van der Waals surface area contributed by atoms with Crippen LogP contribution in [0, 0.1) is 5.41 Å². The molecule has 2 aromatic carbocycles. The second kappa shape index (κ2) is 9.46. The van der Waals surface area contributed by atoms with Crippen LogP contribution in [-0.4, -0.2) is 28.7 Å². The molecule has 1 aliphatic rings. The minimum Gasteiger partial charge on any atom is -0.481 e. The number of aromatic nitrogens is 1. The second-order valence-corrected chi connectivity index (χ2v) is 8.52. The van der Waals surface area contributed by atoms with Gasteiger partial charge in [-0.2, -0.15) is 13.2 Å². The van der Waals surface area contributed by atoms with E-state index < -0.39 is 29.2 Å². The van der Waals surface area contributed by atoms with E-state index >= 15 is 0 Å². The molecule has 0 unspecified atom stereocenters. The Balaban J connectivity index is 1.33. The van der Waals surface area contributed by atoms with Gasteiger partial charge in [-0.05, 0) is 54.8 Å². The summed E-state index contributed by atoms with van der Waals surface area (Å²) in [5.74, 6) is -0.530. The number of nitrogens with one attached hydrogen (secondary N) is 2. The Bertz CT molecular complexity index is 1240. The number of alkyl halides is 3. The molecule has 0 bridgehead atoms. The molecule has 0 saturated heterocycles. The number of urea groups is 1. The Kier molecular flexibility index (Phi) is 6.58. The van der Waals surface area contributed by atoms with Crippen LogP contribution in [0.15, 0.2) is 60.8 Å². The van der Waals surface area contributed by atoms with E-state index in [1.54, 1.807) is 42.6 Å². The molecule has 3 N–H and O–H groups in total. The predicted molar refractivity (Wildman–Crippen MR) is 124 cm³/mol. The number of aliphatic carboxylic acids is 1. The van der Waals surface area contributed by atoms with Crippen molar-refractivity contribution in [2.24, 2.45) is 5.41 Å². The second-order valence-electron chi connectivity index (χ2n) is 8.11. The highest BCUT2D eigenvalue weighted by molar-refractivity contribution is 6.33. The van der Waals surface area contributed by atoms with E-state index in [1.807, 2.05) is 0 Å². The number of rotatable bonds is 7. The van der Waals surface area contributed by atoms with Gasteiger partial charge >= 0.3 is 18.2 Å². The molecule has 11 heteroatoms. The number of anilines is 2. The number of carboxylic acid groups (broad SMARTS) is 1. The third kappa shape index (κ3) is 5.83. The number of halogens is 4. The zero-order chi connectivity index (χ0) is 25.2. The largest absolute Gasteiger partial charge is 0.481 e. The van der Waals surface area contributed by atoms with Crippen LogP contribution in [0.1, 0.15) is 18.4 Å². The molecule has 1 fully saturated rings. The summed E-state index contributed by atoms with van der Waals surface area (Å²) in [5.41, 5.74) is 0.371. The van der Waals surface area contributed by atoms with Crippen molar-refractivity contribution in [2.45, 2.75) is 19.0 Å². The van der Waals surface area contributed by atoms with Crippen LogP contribution in [0.4, 0.5) is 29.3 Å². The number of amides is 2. The van der Waals surface area contributed by atoms with Gasteiger partial charge in [-0.15, -0.1) is 0 Å². The number of carbonyl (C=O) groups excluding carboxylic acids is 1. The molecule has 1 aromatic heterocycles. The zero-order valence-electron chi connectivity index (χ0n) is 18.0. The van der Waals surface area contributed by atoms with Gasteiger partial charge in [0.15, 0.2) is 0 Å². The molecule has 7 nitrogen and oxygen atoms in total. The van der Waals surface area contributed by atoms with Gasteiger partial charge < -0.3 is 20.5 Å². The van der Waals surface area contributed by atoms with Gasteiger partial charge in [0.25, 0.3) is 0 Å². The average molecular weight is 506 g/mol. The topological polar surface area (TPSA) is 101 Å². The lowest BCUT2D eigenvalue weighted by Crippen LogP contribution is -2.23. The molecule has 1 saturated carbocycles. The molecule has 4 rings (SSSR count). The molecular weight excluding hydrogens is 487 g/mol. The summed E-state index contributed by atoms with van der Waals surface area (Å²) in [6, 6.07) is 12.2. The van der Waals surface area contributed by atoms with Gasteiger partial charge in [-0.3, -0.25) is 4.79 Å². The van der Waals surface area contributed by atoms with Gasteiger partial charge in [-0.25, -0.2) is 9.78 Å². The highest BCUT2D eigenvalue weighted by atomic mass is 35.5. The first-order valence-electron chi connectivity index (χ1n) is 10.4. The van der Waals surface area contributed by atoms with Crippen molar-refractivity contribution in [3.63, 3.8) is 0 Å². The maximum absolute atomic E-state index is 12.7. The average Bonchev–Trinajstić information content (AvgIpc) is 3.61.